The normalized spacial score (nSPS) is 20.4. The van der Waals surface area contributed by atoms with Gasteiger partial charge in [-0.25, -0.2) is 0 Å². The highest BCUT2D eigenvalue weighted by atomic mass is 79.9. The summed E-state index contributed by atoms with van der Waals surface area (Å²) in [5, 5.41) is 0. The zero-order chi connectivity index (χ0) is 11.0. The maximum absolute atomic E-state index is 3.55. The van der Waals surface area contributed by atoms with Crippen LogP contribution in [0.15, 0.2) is 22.7 Å². The fourth-order valence-corrected chi connectivity index (χ4v) is 3.54. The van der Waals surface area contributed by atoms with Crippen LogP contribution in [0, 0.1) is 5.92 Å². The monoisotopic (exact) mass is 279 g/mol. The Labute approximate surface area is 106 Å². The van der Waals surface area contributed by atoms with E-state index in [0.717, 1.165) is 5.92 Å². The minimum Gasteiger partial charge on any atom is -0.371 e. The Morgan fingerprint density at radius 3 is 2.88 bits per heavy atom. The van der Waals surface area contributed by atoms with Gasteiger partial charge in [0.05, 0.1) is 0 Å². The summed E-state index contributed by atoms with van der Waals surface area (Å²) in [7, 11) is 0. The van der Waals surface area contributed by atoms with Gasteiger partial charge < -0.3 is 4.90 Å². The number of nitrogens with zero attached hydrogens (tertiary/aromatic N) is 1. The zero-order valence-corrected chi connectivity index (χ0v) is 11.2. The predicted molar refractivity (Wildman–Crippen MR) is 72.0 cm³/mol. The number of hydrogen-bond acceptors (Lipinski definition) is 1. The van der Waals surface area contributed by atoms with Crippen molar-refractivity contribution in [2.75, 3.05) is 18.0 Å². The molecule has 2 heteroatoms. The van der Waals surface area contributed by atoms with Gasteiger partial charge in [-0.3, -0.25) is 0 Å². The minimum absolute atomic E-state index is 0.953. The van der Waals surface area contributed by atoms with Gasteiger partial charge in [0.1, 0.15) is 0 Å². The Bertz CT molecular complexity index is 382. The average Bonchev–Trinajstić information content (AvgIpc) is 2.89. The van der Waals surface area contributed by atoms with E-state index in [1.165, 1.54) is 60.9 Å². The van der Waals surface area contributed by atoms with Crippen molar-refractivity contribution in [2.24, 2.45) is 5.92 Å². The van der Waals surface area contributed by atoms with E-state index >= 15 is 0 Å². The van der Waals surface area contributed by atoms with Gasteiger partial charge in [0.2, 0.25) is 0 Å². The Morgan fingerprint density at radius 2 is 2.06 bits per heavy atom. The Hall–Kier alpha value is -0.500. The highest BCUT2D eigenvalue weighted by molar-refractivity contribution is 9.10. The van der Waals surface area contributed by atoms with Crippen molar-refractivity contribution in [1.29, 1.82) is 0 Å². The van der Waals surface area contributed by atoms with E-state index < -0.39 is 0 Å². The molecule has 2 aliphatic rings. The summed E-state index contributed by atoms with van der Waals surface area (Å²) in [5.41, 5.74) is 3.00. The number of anilines is 1. The summed E-state index contributed by atoms with van der Waals surface area (Å²) in [6.45, 7) is 2.51. The van der Waals surface area contributed by atoms with Crippen LogP contribution in [0.25, 0.3) is 0 Å². The van der Waals surface area contributed by atoms with Crippen LogP contribution < -0.4 is 4.90 Å². The van der Waals surface area contributed by atoms with E-state index in [9.17, 15) is 0 Å². The van der Waals surface area contributed by atoms with Gasteiger partial charge in [0.15, 0.2) is 0 Å². The first-order valence-electron chi connectivity index (χ1n) is 6.36. The van der Waals surface area contributed by atoms with Crippen LogP contribution in [0.5, 0.6) is 0 Å². The SMILES string of the molecule is Brc1ccc2c(c1)CCN2CC1CCCC1. The topological polar surface area (TPSA) is 3.24 Å². The standard InChI is InChI=1S/C14H18BrN/c15-13-5-6-14-12(9-13)7-8-16(14)10-11-3-1-2-4-11/h5-6,9,11H,1-4,7-8,10H2. The van der Waals surface area contributed by atoms with Gasteiger partial charge in [-0.1, -0.05) is 28.8 Å². The molecule has 1 aliphatic carbocycles. The second-order valence-corrected chi connectivity index (χ2v) is 6.04. The molecular formula is C14H18BrN. The molecule has 86 valence electrons. The highest BCUT2D eigenvalue weighted by Gasteiger charge is 2.23. The van der Waals surface area contributed by atoms with Gasteiger partial charge in [0.25, 0.3) is 0 Å². The lowest BCUT2D eigenvalue weighted by Crippen LogP contribution is -2.26. The van der Waals surface area contributed by atoms with Gasteiger partial charge in [-0.15, -0.1) is 0 Å². The van der Waals surface area contributed by atoms with E-state index in [1.54, 1.807) is 0 Å². The van der Waals surface area contributed by atoms with Crippen LogP contribution in [0.4, 0.5) is 5.69 Å². The quantitative estimate of drug-likeness (QED) is 0.791. The lowest BCUT2D eigenvalue weighted by molar-refractivity contribution is 0.538. The van der Waals surface area contributed by atoms with Crippen LogP contribution in [0.1, 0.15) is 31.2 Å². The van der Waals surface area contributed by atoms with Gasteiger partial charge in [0, 0.05) is 23.2 Å². The Balaban J connectivity index is 1.75. The lowest BCUT2D eigenvalue weighted by Gasteiger charge is -2.23. The van der Waals surface area contributed by atoms with E-state index in [-0.39, 0.29) is 0 Å². The summed E-state index contributed by atoms with van der Waals surface area (Å²) >= 11 is 3.55. The Kier molecular flexibility index (Phi) is 2.93. The maximum Gasteiger partial charge on any atom is 0.0400 e. The molecule has 1 heterocycles. The molecule has 0 atom stereocenters. The maximum atomic E-state index is 3.55. The first kappa shape index (κ1) is 10.6. The number of hydrogen-bond donors (Lipinski definition) is 0. The summed E-state index contributed by atoms with van der Waals surface area (Å²) in [4.78, 5) is 2.60. The third-order valence-electron chi connectivity index (χ3n) is 3.99. The van der Waals surface area contributed by atoms with Crippen LogP contribution in [-0.4, -0.2) is 13.1 Å². The molecule has 1 saturated carbocycles. The smallest absolute Gasteiger partial charge is 0.0400 e. The molecule has 1 aromatic rings. The van der Waals surface area contributed by atoms with E-state index in [4.69, 9.17) is 0 Å². The van der Waals surface area contributed by atoms with Gasteiger partial charge >= 0.3 is 0 Å². The molecule has 0 unspecified atom stereocenters. The van der Waals surface area contributed by atoms with E-state index in [2.05, 4.69) is 39.0 Å². The van der Waals surface area contributed by atoms with Crippen molar-refractivity contribution in [3.63, 3.8) is 0 Å². The Morgan fingerprint density at radius 1 is 1.25 bits per heavy atom. The van der Waals surface area contributed by atoms with Crippen molar-refractivity contribution in [3.05, 3.63) is 28.2 Å². The fraction of sp³-hybridized carbons (Fsp3) is 0.571. The molecule has 0 bridgehead atoms. The van der Waals surface area contributed by atoms with Crippen LogP contribution >= 0.6 is 15.9 Å². The molecule has 1 fully saturated rings. The summed E-state index contributed by atoms with van der Waals surface area (Å²) in [6.07, 6.45) is 7.02. The lowest BCUT2D eigenvalue weighted by atomic mass is 10.1. The molecule has 0 spiro atoms. The van der Waals surface area contributed by atoms with Gasteiger partial charge in [-0.05, 0) is 48.9 Å². The van der Waals surface area contributed by atoms with Crippen LogP contribution in [-0.2, 0) is 6.42 Å². The van der Waals surface area contributed by atoms with Crippen molar-refractivity contribution in [1.82, 2.24) is 0 Å². The third kappa shape index (κ3) is 2.00. The number of benzene rings is 1. The first-order valence-corrected chi connectivity index (χ1v) is 7.15. The number of rotatable bonds is 2. The average molecular weight is 280 g/mol. The molecule has 1 aromatic carbocycles. The van der Waals surface area contributed by atoms with Gasteiger partial charge in [-0.2, -0.15) is 0 Å². The molecule has 0 aromatic heterocycles. The molecule has 0 N–H and O–H groups in total. The largest absolute Gasteiger partial charge is 0.371 e. The van der Waals surface area contributed by atoms with Crippen molar-refractivity contribution in [3.8, 4) is 0 Å². The van der Waals surface area contributed by atoms with Crippen LogP contribution in [0.3, 0.4) is 0 Å². The molecule has 1 aliphatic heterocycles. The molecule has 1 nitrogen and oxygen atoms in total. The van der Waals surface area contributed by atoms with E-state index in [0.29, 0.717) is 0 Å². The van der Waals surface area contributed by atoms with Crippen molar-refractivity contribution >= 4 is 21.6 Å². The number of halogens is 1. The number of fused-ring (bicyclic) bond motifs is 1. The molecule has 3 rings (SSSR count). The summed E-state index contributed by atoms with van der Waals surface area (Å²) < 4.78 is 1.22. The second-order valence-electron chi connectivity index (χ2n) is 5.12. The zero-order valence-electron chi connectivity index (χ0n) is 9.58. The van der Waals surface area contributed by atoms with Crippen molar-refractivity contribution in [2.45, 2.75) is 32.1 Å². The second kappa shape index (κ2) is 4.40. The minimum atomic E-state index is 0.953. The van der Waals surface area contributed by atoms with Crippen molar-refractivity contribution < 1.29 is 0 Å². The molecule has 0 amide bonds. The molecule has 0 saturated heterocycles. The molecular weight excluding hydrogens is 262 g/mol. The predicted octanol–water partition coefficient (Wildman–Crippen LogP) is 4.00. The highest BCUT2D eigenvalue weighted by Crippen LogP contribution is 2.33. The third-order valence-corrected chi connectivity index (χ3v) is 4.48. The molecule has 0 radical (unpaired) electrons. The first-order chi connectivity index (χ1) is 7.83. The fourth-order valence-electron chi connectivity index (χ4n) is 3.13. The summed E-state index contributed by atoms with van der Waals surface area (Å²) in [6, 6.07) is 6.73. The summed E-state index contributed by atoms with van der Waals surface area (Å²) in [5.74, 6) is 0.953. The van der Waals surface area contributed by atoms with E-state index in [1.807, 2.05) is 0 Å². The van der Waals surface area contributed by atoms with Crippen LogP contribution in [0.2, 0.25) is 0 Å². The molecule has 16 heavy (non-hydrogen) atoms.